The lowest BCUT2D eigenvalue weighted by molar-refractivity contribution is 1.07. The van der Waals surface area contributed by atoms with E-state index in [2.05, 4.69) is 158 Å². The molecule has 3 aromatic heterocycles. The average Bonchev–Trinajstić information content (AvgIpc) is 3.34. The van der Waals surface area contributed by atoms with Gasteiger partial charge in [0, 0.05) is 38.6 Å². The largest absolute Gasteiger partial charge is 0.245 e. The number of rotatable bonds is 7. The molecular formula is C55H35N5. The Morgan fingerprint density at radius 2 is 0.517 bits per heavy atom. The first kappa shape index (κ1) is 35.0. The molecule has 11 aromatic rings. The summed E-state index contributed by atoms with van der Waals surface area (Å²) in [6.45, 7) is 0. The van der Waals surface area contributed by atoms with Gasteiger partial charge in [-0.2, -0.15) is 0 Å². The van der Waals surface area contributed by atoms with Crippen molar-refractivity contribution in [3.8, 4) is 78.9 Å². The monoisotopic (exact) mass is 765 g/mol. The summed E-state index contributed by atoms with van der Waals surface area (Å²) in [6.07, 6.45) is 0. The topological polar surface area (TPSA) is 64.5 Å². The molecule has 5 nitrogen and oxygen atoms in total. The summed E-state index contributed by atoms with van der Waals surface area (Å²) in [7, 11) is 0. The summed E-state index contributed by atoms with van der Waals surface area (Å²) in [5.74, 6) is 1.91. The third-order valence-corrected chi connectivity index (χ3v) is 11.1. The highest BCUT2D eigenvalue weighted by Crippen LogP contribution is 2.33. The van der Waals surface area contributed by atoms with Gasteiger partial charge < -0.3 is 0 Å². The molecule has 0 atom stereocenters. The molecule has 280 valence electrons. The Morgan fingerprint density at radius 1 is 0.200 bits per heavy atom. The van der Waals surface area contributed by atoms with Crippen LogP contribution in [0.25, 0.3) is 112 Å². The second-order valence-electron chi connectivity index (χ2n) is 14.9. The Balaban J connectivity index is 0.894. The van der Waals surface area contributed by atoms with Crippen LogP contribution in [0.3, 0.4) is 0 Å². The molecule has 0 aliphatic carbocycles. The van der Waals surface area contributed by atoms with Crippen LogP contribution in [-0.4, -0.2) is 24.9 Å². The first-order chi connectivity index (χ1) is 29.7. The molecule has 0 aliphatic heterocycles. The Kier molecular flexibility index (Phi) is 8.75. The standard InChI is InChI=1S/C55H35N5/c1-4-10-36(11-5-1)37-18-24-44(25-19-37)54-58-53(43-14-8-3-9-15-43)59-55(60-54)48-29-28-46-34-45(26-27-47(46)35-48)38-16-20-40(21-17-38)50-33-31-42-23-22-41-30-32-49(39-12-6-2-7-13-39)56-51(41)52(42)57-50/h1-35H. The van der Waals surface area contributed by atoms with Crippen LogP contribution in [0.4, 0.5) is 0 Å². The second-order valence-corrected chi connectivity index (χ2v) is 14.9. The van der Waals surface area contributed by atoms with Crippen molar-refractivity contribution in [2.45, 2.75) is 0 Å². The number of hydrogen-bond donors (Lipinski definition) is 0. The van der Waals surface area contributed by atoms with Crippen molar-refractivity contribution in [2.75, 3.05) is 0 Å². The summed E-state index contributed by atoms with van der Waals surface area (Å²) in [4.78, 5) is 25.2. The Morgan fingerprint density at radius 3 is 1.07 bits per heavy atom. The van der Waals surface area contributed by atoms with Gasteiger partial charge in [-0.05, 0) is 57.3 Å². The van der Waals surface area contributed by atoms with Crippen molar-refractivity contribution in [3.63, 3.8) is 0 Å². The van der Waals surface area contributed by atoms with Crippen LogP contribution >= 0.6 is 0 Å². The first-order valence-corrected chi connectivity index (χ1v) is 20.1. The van der Waals surface area contributed by atoms with Crippen LogP contribution in [0.2, 0.25) is 0 Å². The molecule has 60 heavy (non-hydrogen) atoms. The highest BCUT2D eigenvalue weighted by Gasteiger charge is 2.14. The van der Waals surface area contributed by atoms with Crippen LogP contribution in [0, 0.1) is 0 Å². The molecule has 0 aliphatic rings. The molecule has 0 saturated carbocycles. The molecule has 0 bridgehead atoms. The molecule has 0 amide bonds. The number of benzene rings is 8. The molecule has 0 radical (unpaired) electrons. The van der Waals surface area contributed by atoms with Crippen molar-refractivity contribution in [1.29, 1.82) is 0 Å². The van der Waals surface area contributed by atoms with Crippen molar-refractivity contribution in [1.82, 2.24) is 24.9 Å². The van der Waals surface area contributed by atoms with Crippen molar-refractivity contribution < 1.29 is 0 Å². The van der Waals surface area contributed by atoms with Gasteiger partial charge in [0.15, 0.2) is 17.5 Å². The van der Waals surface area contributed by atoms with Crippen LogP contribution in [-0.2, 0) is 0 Å². The van der Waals surface area contributed by atoms with Gasteiger partial charge in [-0.1, -0.05) is 188 Å². The number of aromatic nitrogens is 5. The van der Waals surface area contributed by atoms with Crippen LogP contribution < -0.4 is 0 Å². The molecular weight excluding hydrogens is 731 g/mol. The van der Waals surface area contributed by atoms with Crippen LogP contribution in [0.5, 0.6) is 0 Å². The quantitative estimate of drug-likeness (QED) is 0.151. The predicted octanol–water partition coefficient (Wildman–Crippen LogP) is 13.8. The van der Waals surface area contributed by atoms with E-state index < -0.39 is 0 Å². The van der Waals surface area contributed by atoms with E-state index in [0.717, 1.165) is 88.5 Å². The third-order valence-electron chi connectivity index (χ3n) is 11.1. The highest BCUT2D eigenvalue weighted by molar-refractivity contribution is 6.04. The molecule has 11 rings (SSSR count). The van der Waals surface area contributed by atoms with Crippen molar-refractivity contribution in [3.05, 3.63) is 212 Å². The summed E-state index contributed by atoms with van der Waals surface area (Å²) in [6, 6.07) is 73.6. The van der Waals surface area contributed by atoms with Gasteiger partial charge in [0.05, 0.1) is 22.4 Å². The SMILES string of the molecule is c1ccc(-c2ccc(-c3nc(-c4ccccc4)nc(-c4ccc5cc(-c6ccc(-c7ccc8ccc9ccc(-c%10ccccc%10)nc9c8n7)cc6)ccc5c4)n3)cc2)cc1. The van der Waals surface area contributed by atoms with Gasteiger partial charge in [0.25, 0.3) is 0 Å². The summed E-state index contributed by atoms with van der Waals surface area (Å²) in [5, 5.41) is 4.40. The maximum atomic E-state index is 5.17. The van der Waals surface area contributed by atoms with Gasteiger partial charge in [0.2, 0.25) is 0 Å². The number of nitrogens with zero attached hydrogens (tertiary/aromatic N) is 5. The number of hydrogen-bond acceptors (Lipinski definition) is 5. The molecule has 0 saturated heterocycles. The van der Waals surface area contributed by atoms with Gasteiger partial charge >= 0.3 is 0 Å². The fraction of sp³-hybridized carbons (Fsp3) is 0. The highest BCUT2D eigenvalue weighted by atomic mass is 15.0. The Bertz CT molecular complexity index is 3330. The van der Waals surface area contributed by atoms with E-state index in [1.807, 2.05) is 54.6 Å². The first-order valence-electron chi connectivity index (χ1n) is 20.1. The fourth-order valence-electron chi connectivity index (χ4n) is 7.89. The lowest BCUT2D eigenvalue weighted by Gasteiger charge is -2.11. The zero-order valence-electron chi connectivity index (χ0n) is 32.4. The van der Waals surface area contributed by atoms with E-state index >= 15 is 0 Å². The van der Waals surface area contributed by atoms with Gasteiger partial charge in [-0.3, -0.25) is 0 Å². The van der Waals surface area contributed by atoms with Crippen molar-refractivity contribution in [2.24, 2.45) is 0 Å². The summed E-state index contributed by atoms with van der Waals surface area (Å²) < 4.78 is 0. The van der Waals surface area contributed by atoms with E-state index in [0.29, 0.717) is 17.5 Å². The summed E-state index contributed by atoms with van der Waals surface area (Å²) >= 11 is 0. The van der Waals surface area contributed by atoms with Crippen LogP contribution in [0.15, 0.2) is 212 Å². The molecule has 0 N–H and O–H groups in total. The third kappa shape index (κ3) is 6.74. The van der Waals surface area contributed by atoms with Gasteiger partial charge in [-0.15, -0.1) is 0 Å². The minimum absolute atomic E-state index is 0.635. The Hall–Kier alpha value is -8.15. The normalized spacial score (nSPS) is 11.3. The molecule has 3 heterocycles. The van der Waals surface area contributed by atoms with E-state index in [4.69, 9.17) is 24.9 Å². The Labute approximate surface area is 347 Å². The van der Waals surface area contributed by atoms with E-state index in [1.165, 1.54) is 5.56 Å². The number of fused-ring (bicyclic) bond motifs is 4. The van der Waals surface area contributed by atoms with Gasteiger partial charge in [0.1, 0.15) is 0 Å². The average molecular weight is 766 g/mol. The second kappa shape index (κ2) is 15.0. The van der Waals surface area contributed by atoms with Crippen molar-refractivity contribution >= 4 is 32.6 Å². The maximum Gasteiger partial charge on any atom is 0.164 e. The lowest BCUT2D eigenvalue weighted by atomic mass is 9.98. The molecule has 0 fully saturated rings. The van der Waals surface area contributed by atoms with E-state index in [1.54, 1.807) is 0 Å². The maximum absolute atomic E-state index is 5.17. The zero-order valence-corrected chi connectivity index (χ0v) is 32.4. The molecule has 8 aromatic carbocycles. The minimum Gasteiger partial charge on any atom is -0.245 e. The van der Waals surface area contributed by atoms with E-state index in [-0.39, 0.29) is 0 Å². The van der Waals surface area contributed by atoms with E-state index in [9.17, 15) is 0 Å². The number of pyridine rings is 2. The van der Waals surface area contributed by atoms with Crippen LogP contribution in [0.1, 0.15) is 0 Å². The minimum atomic E-state index is 0.635. The molecule has 0 unspecified atom stereocenters. The smallest absolute Gasteiger partial charge is 0.164 e. The fourth-order valence-corrected chi connectivity index (χ4v) is 7.89. The molecule has 0 spiro atoms. The summed E-state index contributed by atoms with van der Waals surface area (Å²) in [5.41, 5.74) is 13.2. The lowest BCUT2D eigenvalue weighted by Crippen LogP contribution is -2.00. The van der Waals surface area contributed by atoms with Gasteiger partial charge in [-0.25, -0.2) is 24.9 Å². The zero-order chi connectivity index (χ0) is 39.8. The predicted molar refractivity (Wildman–Crippen MR) is 246 cm³/mol. The molecule has 5 heteroatoms.